The summed E-state index contributed by atoms with van der Waals surface area (Å²) in [5.74, 6) is 0.803. The molecule has 0 aromatic heterocycles. The Bertz CT molecular complexity index is 654. The third-order valence-electron chi connectivity index (χ3n) is 5.49. The van der Waals surface area contributed by atoms with Gasteiger partial charge in [0.05, 0.1) is 0 Å². The predicted molar refractivity (Wildman–Crippen MR) is 90.0 cm³/mol. The van der Waals surface area contributed by atoms with Crippen LogP contribution in [-0.4, -0.2) is 40.9 Å². The molecule has 128 valence electrons. The second-order valence-electron chi connectivity index (χ2n) is 7.33. The van der Waals surface area contributed by atoms with Crippen LogP contribution in [0.25, 0.3) is 0 Å². The van der Waals surface area contributed by atoms with E-state index in [4.69, 9.17) is 16.3 Å². The van der Waals surface area contributed by atoms with Crippen molar-refractivity contribution in [2.45, 2.75) is 49.6 Å². The minimum absolute atomic E-state index is 0.000965. The number of halogens is 1. The number of nitrogens with zero attached hydrogens (tertiary/aromatic N) is 1. The number of rotatable bonds is 5. The Labute approximate surface area is 146 Å². The lowest BCUT2D eigenvalue weighted by Gasteiger charge is -2.73. The van der Waals surface area contributed by atoms with Gasteiger partial charge in [0, 0.05) is 29.1 Å². The largest absolute Gasteiger partial charge is 0.484 e. The summed E-state index contributed by atoms with van der Waals surface area (Å²) in [4.78, 5) is 26.3. The molecular formula is C18H21ClN2O3. The molecule has 6 heteroatoms. The van der Waals surface area contributed by atoms with Crippen molar-refractivity contribution in [3.63, 3.8) is 0 Å². The molecule has 5 rings (SSSR count). The van der Waals surface area contributed by atoms with E-state index < -0.39 is 0 Å². The summed E-state index contributed by atoms with van der Waals surface area (Å²) in [5.41, 5.74) is -0.0833. The van der Waals surface area contributed by atoms with Crippen LogP contribution in [0.1, 0.15) is 38.5 Å². The highest BCUT2D eigenvalue weighted by molar-refractivity contribution is 6.30. The molecular weight excluding hydrogens is 328 g/mol. The lowest BCUT2D eigenvalue weighted by Crippen LogP contribution is -2.84. The second-order valence-corrected chi connectivity index (χ2v) is 7.76. The van der Waals surface area contributed by atoms with Gasteiger partial charge in [0.15, 0.2) is 6.61 Å². The third-order valence-corrected chi connectivity index (χ3v) is 5.74. The highest BCUT2D eigenvalue weighted by Crippen LogP contribution is 2.64. The number of carbonyl (C=O) groups is 2. The maximum absolute atomic E-state index is 12.1. The van der Waals surface area contributed by atoms with Gasteiger partial charge in [0.1, 0.15) is 5.75 Å². The summed E-state index contributed by atoms with van der Waals surface area (Å²) >= 11 is 5.82. The molecule has 4 fully saturated rings. The molecule has 0 atom stereocenters. The second kappa shape index (κ2) is 5.66. The molecule has 4 aliphatic rings. The molecule has 0 spiro atoms. The average molecular weight is 349 g/mol. The summed E-state index contributed by atoms with van der Waals surface area (Å²) in [5, 5.41) is 3.73. The zero-order valence-corrected chi connectivity index (χ0v) is 14.3. The van der Waals surface area contributed by atoms with Crippen LogP contribution >= 0.6 is 11.6 Å². The fourth-order valence-corrected chi connectivity index (χ4v) is 4.60. The lowest BCUT2D eigenvalue weighted by atomic mass is 9.43. The smallest absolute Gasteiger partial charge is 0.258 e. The van der Waals surface area contributed by atoms with Crippen molar-refractivity contribution in [1.82, 2.24) is 10.2 Å². The first kappa shape index (κ1) is 15.8. The van der Waals surface area contributed by atoms with Crippen molar-refractivity contribution >= 4 is 23.4 Å². The number of ether oxygens (including phenoxy) is 1. The van der Waals surface area contributed by atoms with Crippen molar-refractivity contribution in [2.24, 2.45) is 0 Å². The number of nitrogens with one attached hydrogen (secondary N) is 1. The van der Waals surface area contributed by atoms with E-state index in [2.05, 4.69) is 10.2 Å². The quantitative estimate of drug-likeness (QED) is 0.889. The summed E-state index contributed by atoms with van der Waals surface area (Å²) in [6, 6.07) is 6.95. The molecule has 1 aromatic rings. The van der Waals surface area contributed by atoms with Crippen LogP contribution in [0.2, 0.25) is 5.02 Å². The van der Waals surface area contributed by atoms with E-state index >= 15 is 0 Å². The number of amides is 2. The molecule has 1 N–H and O–H groups in total. The van der Waals surface area contributed by atoms with E-state index in [9.17, 15) is 9.59 Å². The maximum atomic E-state index is 12.1. The Hall–Kier alpha value is -1.75. The monoisotopic (exact) mass is 348 g/mol. The van der Waals surface area contributed by atoms with Gasteiger partial charge in [0.2, 0.25) is 5.91 Å². The highest BCUT2D eigenvalue weighted by Gasteiger charge is 2.71. The van der Waals surface area contributed by atoms with Gasteiger partial charge in [-0.2, -0.15) is 0 Å². The Morgan fingerprint density at radius 3 is 2.58 bits per heavy atom. The van der Waals surface area contributed by atoms with Gasteiger partial charge in [-0.3, -0.25) is 9.59 Å². The molecule has 3 aliphatic carbocycles. The zero-order chi connectivity index (χ0) is 16.8. The summed E-state index contributed by atoms with van der Waals surface area (Å²) in [7, 11) is 0. The van der Waals surface area contributed by atoms with Crippen LogP contribution in [0.5, 0.6) is 5.75 Å². The van der Waals surface area contributed by atoms with E-state index in [1.54, 1.807) is 24.3 Å². The molecule has 1 aliphatic heterocycles. The molecule has 0 unspecified atom stereocenters. The van der Waals surface area contributed by atoms with Gasteiger partial charge < -0.3 is 15.0 Å². The maximum Gasteiger partial charge on any atom is 0.258 e. The van der Waals surface area contributed by atoms with Gasteiger partial charge in [0.25, 0.3) is 5.91 Å². The Balaban J connectivity index is 1.25. The first-order valence-corrected chi connectivity index (χ1v) is 8.88. The van der Waals surface area contributed by atoms with Crippen LogP contribution in [0.3, 0.4) is 0 Å². The van der Waals surface area contributed by atoms with Crippen molar-refractivity contribution < 1.29 is 14.3 Å². The molecule has 3 saturated carbocycles. The third kappa shape index (κ3) is 2.65. The van der Waals surface area contributed by atoms with Gasteiger partial charge >= 0.3 is 0 Å². The standard InChI is InChI=1S/C18H21ClN2O3/c19-13-4-6-14(7-5-13)24-9-15(22)20-17-10-18(11-17,12-17)21-8-2-1-3-16(21)23/h4-7H,1-3,8-12H2,(H,20,22). The first-order valence-electron chi connectivity index (χ1n) is 8.50. The van der Waals surface area contributed by atoms with E-state index in [0.29, 0.717) is 17.2 Å². The van der Waals surface area contributed by atoms with E-state index in [1.807, 2.05) is 0 Å². The number of hydrogen-bond donors (Lipinski definition) is 1. The molecule has 24 heavy (non-hydrogen) atoms. The zero-order valence-electron chi connectivity index (χ0n) is 13.5. The van der Waals surface area contributed by atoms with Crippen LogP contribution in [0.4, 0.5) is 0 Å². The number of likely N-dealkylation sites (tertiary alicyclic amines) is 1. The fourth-order valence-electron chi connectivity index (χ4n) is 4.47. The van der Waals surface area contributed by atoms with Crippen LogP contribution < -0.4 is 10.1 Å². The molecule has 5 nitrogen and oxygen atoms in total. The summed E-state index contributed by atoms with van der Waals surface area (Å²) in [6.07, 6.45) is 5.45. The minimum atomic E-state index is -0.113. The van der Waals surface area contributed by atoms with Crippen LogP contribution in [0, 0.1) is 0 Å². The highest BCUT2D eigenvalue weighted by atomic mass is 35.5. The van der Waals surface area contributed by atoms with Gasteiger partial charge in [-0.15, -0.1) is 0 Å². The van der Waals surface area contributed by atoms with E-state index in [-0.39, 0.29) is 29.5 Å². The Kier molecular flexibility index (Phi) is 3.71. The number of piperidine rings is 1. The van der Waals surface area contributed by atoms with Crippen molar-refractivity contribution in [3.05, 3.63) is 29.3 Å². The summed E-state index contributed by atoms with van der Waals surface area (Å²) in [6.45, 7) is 0.877. The van der Waals surface area contributed by atoms with Crippen molar-refractivity contribution in [1.29, 1.82) is 0 Å². The van der Waals surface area contributed by atoms with Gasteiger partial charge in [-0.05, 0) is 56.4 Å². The number of benzene rings is 1. The SMILES string of the molecule is O=C(COc1ccc(Cl)cc1)NC12CC(N3CCCCC3=O)(C1)C2. The number of carbonyl (C=O) groups excluding carboxylic acids is 2. The predicted octanol–water partition coefficient (Wildman–Crippen LogP) is 2.52. The molecule has 1 aromatic carbocycles. The molecule has 0 radical (unpaired) electrons. The van der Waals surface area contributed by atoms with E-state index in [1.165, 1.54) is 0 Å². The molecule has 1 saturated heterocycles. The van der Waals surface area contributed by atoms with Crippen molar-refractivity contribution in [2.75, 3.05) is 13.2 Å². The molecule has 1 heterocycles. The topological polar surface area (TPSA) is 58.6 Å². The first-order chi connectivity index (χ1) is 11.5. The van der Waals surface area contributed by atoms with Crippen LogP contribution in [0.15, 0.2) is 24.3 Å². The summed E-state index contributed by atoms with van der Waals surface area (Å²) < 4.78 is 5.48. The van der Waals surface area contributed by atoms with Gasteiger partial charge in [-0.1, -0.05) is 11.6 Å². The Morgan fingerprint density at radius 1 is 1.21 bits per heavy atom. The molecule has 2 bridgehead atoms. The minimum Gasteiger partial charge on any atom is -0.484 e. The van der Waals surface area contributed by atoms with E-state index in [0.717, 1.165) is 38.6 Å². The van der Waals surface area contributed by atoms with Crippen LogP contribution in [-0.2, 0) is 9.59 Å². The lowest BCUT2D eigenvalue weighted by molar-refractivity contribution is -0.195. The van der Waals surface area contributed by atoms with Crippen molar-refractivity contribution in [3.8, 4) is 5.75 Å². The normalized spacial score (nSPS) is 31.0. The average Bonchev–Trinajstić information content (AvgIpc) is 2.50. The fraction of sp³-hybridized carbons (Fsp3) is 0.556. The van der Waals surface area contributed by atoms with Gasteiger partial charge in [-0.25, -0.2) is 0 Å². The Morgan fingerprint density at radius 2 is 1.92 bits per heavy atom. The number of hydrogen-bond acceptors (Lipinski definition) is 3. The molecule has 2 amide bonds.